The van der Waals surface area contributed by atoms with E-state index in [-0.39, 0.29) is 5.91 Å². The highest BCUT2D eigenvalue weighted by atomic mass is 32.1. The molecular formula is C11H10N4O2S. The summed E-state index contributed by atoms with van der Waals surface area (Å²) in [6, 6.07) is 3.23. The molecule has 0 saturated heterocycles. The van der Waals surface area contributed by atoms with Crippen LogP contribution in [0.15, 0.2) is 35.1 Å². The smallest absolute Gasteiger partial charge is 0.257 e. The summed E-state index contributed by atoms with van der Waals surface area (Å²) in [5.74, 6) is -0.253. The van der Waals surface area contributed by atoms with Gasteiger partial charge < -0.3 is 5.21 Å². The number of pyridine rings is 1. The highest BCUT2D eigenvalue weighted by molar-refractivity contribution is 7.14. The Labute approximate surface area is 107 Å². The molecule has 2 N–H and O–H groups in total. The minimum absolute atomic E-state index is 0.253. The van der Waals surface area contributed by atoms with Gasteiger partial charge in [0.2, 0.25) is 0 Å². The quantitative estimate of drug-likeness (QED) is 0.503. The third kappa shape index (κ3) is 2.69. The van der Waals surface area contributed by atoms with E-state index in [2.05, 4.69) is 20.4 Å². The van der Waals surface area contributed by atoms with E-state index in [0.29, 0.717) is 22.1 Å². The Morgan fingerprint density at radius 1 is 1.44 bits per heavy atom. The van der Waals surface area contributed by atoms with E-state index >= 15 is 0 Å². The van der Waals surface area contributed by atoms with E-state index < -0.39 is 0 Å². The standard InChI is InChI=1S/C11H10N4O2S/c1-7(15-17)9-6-18-11(13-9)14-10(16)8-2-4-12-5-3-8/h2-6,17H,1H3,(H,13,14,16). The lowest BCUT2D eigenvalue weighted by molar-refractivity contribution is 0.102. The monoisotopic (exact) mass is 262 g/mol. The number of anilines is 1. The van der Waals surface area contributed by atoms with Crippen LogP contribution in [0.4, 0.5) is 5.13 Å². The first-order valence-corrected chi connectivity index (χ1v) is 5.94. The van der Waals surface area contributed by atoms with Crippen LogP contribution in [0, 0.1) is 0 Å². The summed E-state index contributed by atoms with van der Waals surface area (Å²) >= 11 is 1.27. The van der Waals surface area contributed by atoms with Crippen LogP contribution in [-0.4, -0.2) is 26.8 Å². The van der Waals surface area contributed by atoms with Crippen LogP contribution in [0.25, 0.3) is 0 Å². The zero-order valence-corrected chi connectivity index (χ0v) is 10.3. The lowest BCUT2D eigenvalue weighted by Gasteiger charge is -2.00. The first kappa shape index (κ1) is 12.2. The molecule has 2 aromatic rings. The Hall–Kier alpha value is -2.28. The second-order valence-electron chi connectivity index (χ2n) is 3.41. The number of oxime groups is 1. The lowest BCUT2D eigenvalue weighted by atomic mass is 10.2. The minimum atomic E-state index is -0.253. The number of carbonyl (C=O) groups excluding carboxylic acids is 1. The summed E-state index contributed by atoms with van der Waals surface area (Å²) in [6.07, 6.45) is 3.09. The van der Waals surface area contributed by atoms with E-state index in [1.807, 2.05) is 0 Å². The molecule has 0 radical (unpaired) electrons. The van der Waals surface area contributed by atoms with Crippen LogP contribution >= 0.6 is 11.3 Å². The SMILES string of the molecule is CC(=NO)c1csc(NC(=O)c2ccncc2)n1. The summed E-state index contributed by atoms with van der Waals surface area (Å²) in [5, 5.41) is 16.5. The van der Waals surface area contributed by atoms with Crippen molar-refractivity contribution in [3.63, 3.8) is 0 Å². The van der Waals surface area contributed by atoms with Crippen molar-refractivity contribution >= 4 is 28.1 Å². The number of rotatable bonds is 3. The third-order valence-electron chi connectivity index (χ3n) is 2.19. The Bertz CT molecular complexity index is 580. The highest BCUT2D eigenvalue weighted by Crippen LogP contribution is 2.16. The topological polar surface area (TPSA) is 87.5 Å². The number of hydrogen-bond donors (Lipinski definition) is 2. The van der Waals surface area contributed by atoms with Crippen molar-refractivity contribution in [3.8, 4) is 0 Å². The maximum Gasteiger partial charge on any atom is 0.257 e. The van der Waals surface area contributed by atoms with Crippen LogP contribution in [0.1, 0.15) is 23.0 Å². The number of thiazole rings is 1. The molecule has 2 rings (SSSR count). The first-order valence-electron chi connectivity index (χ1n) is 5.06. The van der Waals surface area contributed by atoms with E-state index in [4.69, 9.17) is 5.21 Å². The van der Waals surface area contributed by atoms with Crippen molar-refractivity contribution in [2.45, 2.75) is 6.92 Å². The minimum Gasteiger partial charge on any atom is -0.411 e. The third-order valence-corrected chi connectivity index (χ3v) is 2.95. The Balaban J connectivity index is 2.11. The average molecular weight is 262 g/mol. The lowest BCUT2D eigenvalue weighted by Crippen LogP contribution is -2.11. The van der Waals surface area contributed by atoms with Gasteiger partial charge >= 0.3 is 0 Å². The zero-order valence-electron chi connectivity index (χ0n) is 9.49. The molecule has 0 spiro atoms. The van der Waals surface area contributed by atoms with Crippen molar-refractivity contribution in [2.24, 2.45) is 5.16 Å². The largest absolute Gasteiger partial charge is 0.411 e. The second kappa shape index (κ2) is 5.37. The van der Waals surface area contributed by atoms with Gasteiger partial charge in [-0.1, -0.05) is 5.16 Å². The fourth-order valence-electron chi connectivity index (χ4n) is 1.22. The molecule has 0 bridgehead atoms. The molecule has 0 fully saturated rings. The maximum atomic E-state index is 11.8. The molecule has 92 valence electrons. The molecule has 6 nitrogen and oxygen atoms in total. The number of amides is 1. The van der Waals surface area contributed by atoms with Gasteiger partial charge in [0, 0.05) is 23.3 Å². The van der Waals surface area contributed by atoms with E-state index in [1.54, 1.807) is 36.8 Å². The van der Waals surface area contributed by atoms with E-state index in [9.17, 15) is 4.79 Å². The van der Waals surface area contributed by atoms with Crippen LogP contribution in [0.2, 0.25) is 0 Å². The van der Waals surface area contributed by atoms with Gasteiger partial charge in [0.05, 0.1) is 0 Å². The molecule has 0 aromatic carbocycles. The predicted molar refractivity (Wildman–Crippen MR) is 68.3 cm³/mol. The average Bonchev–Trinajstić information content (AvgIpc) is 2.87. The molecule has 7 heteroatoms. The molecular weight excluding hydrogens is 252 g/mol. The van der Waals surface area contributed by atoms with Gasteiger partial charge in [-0.25, -0.2) is 4.98 Å². The number of aromatic nitrogens is 2. The fraction of sp³-hybridized carbons (Fsp3) is 0.0909. The molecule has 0 atom stereocenters. The van der Waals surface area contributed by atoms with Crippen molar-refractivity contribution < 1.29 is 10.0 Å². The van der Waals surface area contributed by atoms with Crippen molar-refractivity contribution in [3.05, 3.63) is 41.2 Å². The molecule has 0 saturated carbocycles. The Kier molecular flexibility index (Phi) is 3.63. The second-order valence-corrected chi connectivity index (χ2v) is 4.27. The van der Waals surface area contributed by atoms with Crippen molar-refractivity contribution in [2.75, 3.05) is 5.32 Å². The molecule has 0 aliphatic carbocycles. The summed E-state index contributed by atoms with van der Waals surface area (Å²) in [6.45, 7) is 1.63. The molecule has 0 aliphatic heterocycles. The summed E-state index contributed by atoms with van der Waals surface area (Å²) in [7, 11) is 0. The first-order chi connectivity index (χ1) is 8.70. The number of hydrogen-bond acceptors (Lipinski definition) is 6. The van der Waals surface area contributed by atoms with E-state index in [0.717, 1.165) is 0 Å². The fourth-order valence-corrected chi connectivity index (χ4v) is 1.97. The van der Waals surface area contributed by atoms with E-state index in [1.165, 1.54) is 11.3 Å². The molecule has 2 aromatic heterocycles. The van der Waals surface area contributed by atoms with Gasteiger partial charge in [-0.05, 0) is 19.1 Å². The highest BCUT2D eigenvalue weighted by Gasteiger charge is 2.09. The Morgan fingerprint density at radius 3 is 2.83 bits per heavy atom. The van der Waals surface area contributed by atoms with Crippen molar-refractivity contribution in [1.82, 2.24) is 9.97 Å². The van der Waals surface area contributed by atoms with Gasteiger partial charge in [0.15, 0.2) is 5.13 Å². The zero-order chi connectivity index (χ0) is 13.0. The van der Waals surface area contributed by atoms with Crippen LogP contribution < -0.4 is 5.32 Å². The molecule has 2 heterocycles. The van der Waals surface area contributed by atoms with Gasteiger partial charge in [-0.3, -0.25) is 15.1 Å². The van der Waals surface area contributed by atoms with Gasteiger partial charge in [0.25, 0.3) is 5.91 Å². The van der Waals surface area contributed by atoms with Gasteiger partial charge in [-0.15, -0.1) is 11.3 Å². The van der Waals surface area contributed by atoms with Crippen molar-refractivity contribution in [1.29, 1.82) is 0 Å². The van der Waals surface area contributed by atoms with Crippen LogP contribution in [0.3, 0.4) is 0 Å². The number of nitrogens with zero attached hydrogens (tertiary/aromatic N) is 3. The normalized spacial score (nSPS) is 11.3. The molecule has 0 aliphatic rings. The summed E-state index contributed by atoms with van der Waals surface area (Å²) in [4.78, 5) is 19.8. The van der Waals surface area contributed by atoms with Crippen LogP contribution in [0.5, 0.6) is 0 Å². The molecule has 0 unspecified atom stereocenters. The molecule has 1 amide bonds. The molecule has 18 heavy (non-hydrogen) atoms. The Morgan fingerprint density at radius 2 is 2.17 bits per heavy atom. The maximum absolute atomic E-state index is 11.8. The number of nitrogens with one attached hydrogen (secondary N) is 1. The van der Waals surface area contributed by atoms with Gasteiger partial charge in [-0.2, -0.15) is 0 Å². The van der Waals surface area contributed by atoms with Crippen LogP contribution in [-0.2, 0) is 0 Å². The van der Waals surface area contributed by atoms with Gasteiger partial charge in [0.1, 0.15) is 11.4 Å². The number of carbonyl (C=O) groups is 1. The predicted octanol–water partition coefficient (Wildman–Crippen LogP) is 1.99. The summed E-state index contributed by atoms with van der Waals surface area (Å²) < 4.78 is 0. The summed E-state index contributed by atoms with van der Waals surface area (Å²) in [5.41, 5.74) is 1.44.